The molecule has 2 aromatic carbocycles. The molecule has 1 aliphatic heterocycles. The number of methoxy groups -OCH3 is 1. The number of benzene rings is 2. The van der Waals surface area contributed by atoms with Gasteiger partial charge < -0.3 is 15.0 Å². The fourth-order valence-corrected chi connectivity index (χ4v) is 3.91. The molecule has 0 radical (unpaired) electrons. The van der Waals surface area contributed by atoms with E-state index in [1.165, 1.54) is 5.56 Å². The third kappa shape index (κ3) is 4.89. The molecule has 2 atom stereocenters. The van der Waals surface area contributed by atoms with Gasteiger partial charge in [-0.25, -0.2) is 0 Å². The highest BCUT2D eigenvalue weighted by Crippen LogP contribution is 2.31. The van der Waals surface area contributed by atoms with Crippen LogP contribution in [-0.4, -0.2) is 44.1 Å². The average Bonchev–Trinajstić information content (AvgIpc) is 3.15. The van der Waals surface area contributed by atoms with Crippen LogP contribution in [0.1, 0.15) is 35.7 Å². The minimum atomic E-state index is 0.126. The normalized spacial score (nSPS) is 19.3. The molecule has 1 heterocycles. The van der Waals surface area contributed by atoms with Crippen LogP contribution in [0.4, 0.5) is 0 Å². The monoisotopic (exact) mass is 366 g/mol. The minimum absolute atomic E-state index is 0.126. The van der Waals surface area contributed by atoms with Gasteiger partial charge in [-0.2, -0.15) is 0 Å². The molecule has 144 valence electrons. The zero-order valence-electron chi connectivity index (χ0n) is 16.5. The van der Waals surface area contributed by atoms with Crippen LogP contribution in [0.5, 0.6) is 5.75 Å². The van der Waals surface area contributed by atoms with Crippen molar-refractivity contribution < 1.29 is 9.53 Å². The standard InChI is InChI=1S/C23H30N2O2/c1-17(2)15-25(23(26)18-8-5-4-6-9-18)16-20-13-24-14-22(20)19-10-7-11-21(12-19)27-3/h4-12,17,20,22,24H,13-16H2,1-3H3. The Morgan fingerprint density at radius 1 is 1.15 bits per heavy atom. The summed E-state index contributed by atoms with van der Waals surface area (Å²) in [5, 5.41) is 3.52. The highest BCUT2D eigenvalue weighted by atomic mass is 16.5. The van der Waals surface area contributed by atoms with Crippen molar-refractivity contribution in [2.75, 3.05) is 33.3 Å². The van der Waals surface area contributed by atoms with Crippen molar-refractivity contribution in [3.8, 4) is 5.75 Å². The van der Waals surface area contributed by atoms with E-state index in [1.807, 2.05) is 47.4 Å². The number of nitrogens with zero attached hydrogens (tertiary/aromatic N) is 1. The summed E-state index contributed by atoms with van der Waals surface area (Å²) in [6.45, 7) is 7.73. The molecule has 0 bridgehead atoms. The van der Waals surface area contributed by atoms with Gasteiger partial charge in [0.15, 0.2) is 0 Å². The molecule has 1 aliphatic rings. The summed E-state index contributed by atoms with van der Waals surface area (Å²) in [7, 11) is 1.70. The highest BCUT2D eigenvalue weighted by Gasteiger charge is 2.32. The molecule has 3 rings (SSSR count). The molecule has 0 aliphatic carbocycles. The summed E-state index contributed by atoms with van der Waals surface area (Å²) >= 11 is 0. The maximum absolute atomic E-state index is 13.1. The van der Waals surface area contributed by atoms with Gasteiger partial charge >= 0.3 is 0 Å². The second kappa shape index (κ2) is 9.05. The van der Waals surface area contributed by atoms with Crippen LogP contribution in [0.2, 0.25) is 0 Å². The van der Waals surface area contributed by atoms with Crippen LogP contribution in [-0.2, 0) is 0 Å². The summed E-state index contributed by atoms with van der Waals surface area (Å²) in [6, 6.07) is 17.9. The Morgan fingerprint density at radius 3 is 2.63 bits per heavy atom. The Hall–Kier alpha value is -2.33. The lowest BCUT2D eigenvalue weighted by Crippen LogP contribution is -2.39. The number of carbonyl (C=O) groups is 1. The molecule has 1 saturated heterocycles. The highest BCUT2D eigenvalue weighted by molar-refractivity contribution is 5.94. The topological polar surface area (TPSA) is 41.6 Å². The van der Waals surface area contributed by atoms with E-state index in [-0.39, 0.29) is 5.91 Å². The molecule has 2 unspecified atom stereocenters. The minimum Gasteiger partial charge on any atom is -0.497 e. The van der Waals surface area contributed by atoms with E-state index < -0.39 is 0 Å². The lowest BCUT2D eigenvalue weighted by molar-refractivity contribution is 0.0706. The summed E-state index contributed by atoms with van der Waals surface area (Å²) < 4.78 is 5.39. The first-order valence-corrected chi connectivity index (χ1v) is 9.77. The van der Waals surface area contributed by atoms with Crippen LogP contribution in [0.3, 0.4) is 0 Å². The molecule has 0 spiro atoms. The van der Waals surface area contributed by atoms with Crippen LogP contribution >= 0.6 is 0 Å². The van der Waals surface area contributed by atoms with Crippen molar-refractivity contribution in [1.29, 1.82) is 0 Å². The van der Waals surface area contributed by atoms with E-state index in [0.717, 1.165) is 37.5 Å². The van der Waals surface area contributed by atoms with Crippen LogP contribution < -0.4 is 10.1 Å². The molecule has 4 nitrogen and oxygen atoms in total. The smallest absolute Gasteiger partial charge is 0.253 e. The Bertz CT molecular complexity index is 745. The Labute approximate surface area is 162 Å². The molecular formula is C23H30N2O2. The zero-order chi connectivity index (χ0) is 19.2. The molecule has 0 aromatic heterocycles. The first-order chi connectivity index (χ1) is 13.1. The molecule has 27 heavy (non-hydrogen) atoms. The lowest BCUT2D eigenvalue weighted by Gasteiger charge is -2.30. The van der Waals surface area contributed by atoms with Gasteiger partial charge in [0.1, 0.15) is 5.75 Å². The Balaban J connectivity index is 1.78. The predicted octanol–water partition coefficient (Wildman–Crippen LogP) is 3.80. The molecule has 4 heteroatoms. The van der Waals surface area contributed by atoms with E-state index in [2.05, 4.69) is 31.3 Å². The number of carbonyl (C=O) groups excluding carboxylic acids is 1. The van der Waals surface area contributed by atoms with Crippen molar-refractivity contribution in [3.05, 3.63) is 65.7 Å². The van der Waals surface area contributed by atoms with Gasteiger partial charge in [0, 0.05) is 37.7 Å². The average molecular weight is 367 g/mol. The maximum Gasteiger partial charge on any atom is 0.253 e. The van der Waals surface area contributed by atoms with E-state index in [9.17, 15) is 4.79 Å². The SMILES string of the molecule is COc1cccc(C2CNCC2CN(CC(C)C)C(=O)c2ccccc2)c1. The lowest BCUT2D eigenvalue weighted by atomic mass is 9.88. The van der Waals surface area contributed by atoms with E-state index >= 15 is 0 Å². The van der Waals surface area contributed by atoms with Gasteiger partial charge in [0.25, 0.3) is 5.91 Å². The van der Waals surface area contributed by atoms with E-state index in [0.29, 0.717) is 17.8 Å². The molecular weight excluding hydrogens is 336 g/mol. The fraction of sp³-hybridized carbons (Fsp3) is 0.435. The summed E-state index contributed by atoms with van der Waals surface area (Å²) in [5.74, 6) is 2.22. The zero-order valence-corrected chi connectivity index (χ0v) is 16.5. The van der Waals surface area contributed by atoms with Gasteiger partial charge in [-0.05, 0) is 41.7 Å². The fourth-order valence-electron chi connectivity index (χ4n) is 3.91. The second-order valence-electron chi connectivity index (χ2n) is 7.77. The van der Waals surface area contributed by atoms with Crippen molar-refractivity contribution in [2.24, 2.45) is 11.8 Å². The van der Waals surface area contributed by atoms with Gasteiger partial charge in [-0.3, -0.25) is 4.79 Å². The van der Waals surface area contributed by atoms with Gasteiger partial charge in [-0.1, -0.05) is 44.2 Å². The number of ether oxygens (including phenoxy) is 1. The van der Waals surface area contributed by atoms with E-state index in [1.54, 1.807) is 7.11 Å². The first kappa shape index (κ1) is 19.4. The first-order valence-electron chi connectivity index (χ1n) is 9.77. The van der Waals surface area contributed by atoms with E-state index in [4.69, 9.17) is 4.74 Å². The van der Waals surface area contributed by atoms with Gasteiger partial charge in [0.2, 0.25) is 0 Å². The number of rotatable bonds is 7. The maximum atomic E-state index is 13.1. The molecule has 0 saturated carbocycles. The van der Waals surface area contributed by atoms with Crippen LogP contribution in [0, 0.1) is 11.8 Å². The third-order valence-electron chi connectivity index (χ3n) is 5.21. The van der Waals surface area contributed by atoms with Crippen molar-refractivity contribution >= 4 is 5.91 Å². The third-order valence-corrected chi connectivity index (χ3v) is 5.21. The molecule has 1 amide bonds. The molecule has 1 fully saturated rings. The van der Waals surface area contributed by atoms with Crippen molar-refractivity contribution in [2.45, 2.75) is 19.8 Å². The van der Waals surface area contributed by atoms with Gasteiger partial charge in [-0.15, -0.1) is 0 Å². The molecule has 2 aromatic rings. The second-order valence-corrected chi connectivity index (χ2v) is 7.77. The molecule has 1 N–H and O–H groups in total. The van der Waals surface area contributed by atoms with Crippen LogP contribution in [0.25, 0.3) is 0 Å². The van der Waals surface area contributed by atoms with Crippen molar-refractivity contribution in [3.63, 3.8) is 0 Å². The Morgan fingerprint density at radius 2 is 1.93 bits per heavy atom. The number of hydrogen-bond acceptors (Lipinski definition) is 3. The number of hydrogen-bond donors (Lipinski definition) is 1. The van der Waals surface area contributed by atoms with Crippen molar-refractivity contribution in [1.82, 2.24) is 10.2 Å². The summed E-state index contributed by atoms with van der Waals surface area (Å²) in [6.07, 6.45) is 0. The van der Waals surface area contributed by atoms with Gasteiger partial charge in [0.05, 0.1) is 7.11 Å². The number of amides is 1. The van der Waals surface area contributed by atoms with Crippen LogP contribution in [0.15, 0.2) is 54.6 Å². The largest absolute Gasteiger partial charge is 0.497 e. The summed E-state index contributed by atoms with van der Waals surface area (Å²) in [4.78, 5) is 15.1. The number of nitrogens with one attached hydrogen (secondary N) is 1. The quantitative estimate of drug-likeness (QED) is 0.810. The summed E-state index contributed by atoms with van der Waals surface area (Å²) in [5.41, 5.74) is 2.04. The predicted molar refractivity (Wildman–Crippen MR) is 109 cm³/mol. The Kier molecular flexibility index (Phi) is 6.51.